The molecule has 3 nitrogen and oxygen atoms in total. The number of aromatic nitrogens is 2. The number of hydrogen-bond donors (Lipinski definition) is 1. The monoisotopic (exact) mass is 339 g/mol. The molecule has 1 unspecified atom stereocenters. The standard InChI is InChI=1S/C14H18BrN3S/c1-4-12-11(7-9(2)17-18-12)13(16-3)8-10-5-6-14(15)19-10/h5-7,13,16H,4,8H2,1-3H3. The molecule has 0 radical (unpaired) electrons. The zero-order valence-electron chi connectivity index (χ0n) is 11.4. The maximum Gasteiger partial charge on any atom is 0.0701 e. The summed E-state index contributed by atoms with van der Waals surface area (Å²) in [6.45, 7) is 4.11. The van der Waals surface area contributed by atoms with Crippen LogP contribution in [0, 0.1) is 6.92 Å². The minimum Gasteiger partial charge on any atom is -0.313 e. The first-order chi connectivity index (χ1) is 9.13. The minimum absolute atomic E-state index is 0.287. The molecule has 2 heterocycles. The molecule has 19 heavy (non-hydrogen) atoms. The molecule has 0 aliphatic rings. The van der Waals surface area contributed by atoms with Crippen LogP contribution in [-0.2, 0) is 12.8 Å². The number of likely N-dealkylation sites (N-methyl/N-ethyl adjacent to an activating group) is 1. The van der Waals surface area contributed by atoms with Gasteiger partial charge < -0.3 is 5.32 Å². The molecular formula is C14H18BrN3S. The molecule has 0 amide bonds. The Morgan fingerprint density at radius 3 is 2.74 bits per heavy atom. The van der Waals surface area contributed by atoms with E-state index in [0.717, 1.165) is 24.2 Å². The zero-order chi connectivity index (χ0) is 13.8. The zero-order valence-corrected chi connectivity index (χ0v) is 13.8. The SMILES string of the molecule is CCc1nnc(C)cc1C(Cc1ccc(Br)s1)NC. The summed E-state index contributed by atoms with van der Waals surface area (Å²) in [7, 11) is 2.00. The number of rotatable bonds is 5. The third-order valence-corrected chi connectivity index (χ3v) is 4.76. The summed E-state index contributed by atoms with van der Waals surface area (Å²) in [5.41, 5.74) is 3.32. The summed E-state index contributed by atoms with van der Waals surface area (Å²) in [4.78, 5) is 1.36. The van der Waals surface area contributed by atoms with Crippen LogP contribution in [0.25, 0.3) is 0 Å². The Labute approximate surface area is 126 Å². The highest BCUT2D eigenvalue weighted by Gasteiger charge is 2.16. The number of hydrogen-bond acceptors (Lipinski definition) is 4. The number of thiophene rings is 1. The summed E-state index contributed by atoms with van der Waals surface area (Å²) in [5.74, 6) is 0. The van der Waals surface area contributed by atoms with Gasteiger partial charge in [0.15, 0.2) is 0 Å². The number of halogens is 1. The molecule has 2 rings (SSSR count). The molecule has 0 aromatic carbocycles. The fraction of sp³-hybridized carbons (Fsp3) is 0.429. The topological polar surface area (TPSA) is 37.8 Å². The summed E-state index contributed by atoms with van der Waals surface area (Å²) >= 11 is 5.30. The first-order valence-corrected chi connectivity index (χ1v) is 7.99. The molecule has 2 aromatic rings. The van der Waals surface area contributed by atoms with Gasteiger partial charge in [-0.2, -0.15) is 10.2 Å². The van der Waals surface area contributed by atoms with E-state index in [1.54, 1.807) is 11.3 Å². The van der Waals surface area contributed by atoms with Crippen molar-refractivity contribution in [3.8, 4) is 0 Å². The molecule has 0 aliphatic heterocycles. The second-order valence-corrected chi connectivity index (χ2v) is 7.04. The van der Waals surface area contributed by atoms with Gasteiger partial charge in [-0.05, 0) is 60.1 Å². The van der Waals surface area contributed by atoms with Crippen molar-refractivity contribution in [2.45, 2.75) is 32.7 Å². The van der Waals surface area contributed by atoms with Gasteiger partial charge in [-0.25, -0.2) is 0 Å². The van der Waals surface area contributed by atoms with E-state index in [0.29, 0.717) is 0 Å². The van der Waals surface area contributed by atoms with E-state index in [-0.39, 0.29) is 6.04 Å². The average molecular weight is 340 g/mol. The van der Waals surface area contributed by atoms with Gasteiger partial charge in [0.1, 0.15) is 0 Å². The molecular weight excluding hydrogens is 322 g/mol. The summed E-state index contributed by atoms with van der Waals surface area (Å²) in [6, 6.07) is 6.71. The quantitative estimate of drug-likeness (QED) is 0.902. The minimum atomic E-state index is 0.287. The average Bonchev–Trinajstić information content (AvgIpc) is 2.81. The van der Waals surface area contributed by atoms with Gasteiger partial charge in [0, 0.05) is 17.3 Å². The van der Waals surface area contributed by atoms with Crippen molar-refractivity contribution >= 4 is 27.3 Å². The highest BCUT2D eigenvalue weighted by atomic mass is 79.9. The van der Waals surface area contributed by atoms with E-state index >= 15 is 0 Å². The van der Waals surface area contributed by atoms with Crippen molar-refractivity contribution in [2.75, 3.05) is 7.05 Å². The van der Waals surface area contributed by atoms with Crippen LogP contribution in [0.4, 0.5) is 0 Å². The van der Waals surface area contributed by atoms with Crippen molar-refractivity contribution < 1.29 is 0 Å². The van der Waals surface area contributed by atoms with Gasteiger partial charge in [-0.15, -0.1) is 11.3 Å². The molecule has 0 bridgehead atoms. The van der Waals surface area contributed by atoms with Crippen LogP contribution >= 0.6 is 27.3 Å². The van der Waals surface area contributed by atoms with E-state index in [1.165, 1.54) is 14.2 Å². The van der Waals surface area contributed by atoms with Crippen LogP contribution in [0.3, 0.4) is 0 Å². The molecule has 0 saturated heterocycles. The maximum absolute atomic E-state index is 4.32. The lowest BCUT2D eigenvalue weighted by molar-refractivity contribution is 0.583. The highest BCUT2D eigenvalue weighted by Crippen LogP contribution is 2.28. The van der Waals surface area contributed by atoms with Gasteiger partial charge in [0.05, 0.1) is 15.2 Å². The lowest BCUT2D eigenvalue weighted by atomic mass is 10.00. The van der Waals surface area contributed by atoms with Crippen LogP contribution in [0.2, 0.25) is 0 Å². The van der Waals surface area contributed by atoms with Crippen molar-refractivity contribution in [3.63, 3.8) is 0 Å². The molecule has 0 fully saturated rings. The Hall–Kier alpha value is -0.780. The normalized spacial score (nSPS) is 12.6. The summed E-state index contributed by atoms with van der Waals surface area (Å²) in [5, 5.41) is 11.9. The Bertz CT molecular complexity index is 553. The number of nitrogens with zero attached hydrogens (tertiary/aromatic N) is 2. The largest absolute Gasteiger partial charge is 0.313 e. The highest BCUT2D eigenvalue weighted by molar-refractivity contribution is 9.11. The van der Waals surface area contributed by atoms with E-state index in [2.05, 4.69) is 56.6 Å². The van der Waals surface area contributed by atoms with Crippen LogP contribution in [0.1, 0.15) is 34.8 Å². The van der Waals surface area contributed by atoms with Crippen molar-refractivity contribution in [2.24, 2.45) is 0 Å². The van der Waals surface area contributed by atoms with Crippen molar-refractivity contribution in [3.05, 3.63) is 43.8 Å². The molecule has 0 saturated carbocycles. The molecule has 1 atom stereocenters. The Kier molecular flexibility index (Phi) is 5.07. The lowest BCUT2D eigenvalue weighted by Crippen LogP contribution is -2.21. The fourth-order valence-electron chi connectivity index (χ4n) is 2.14. The Balaban J connectivity index is 2.28. The van der Waals surface area contributed by atoms with Gasteiger partial charge >= 0.3 is 0 Å². The molecule has 0 spiro atoms. The van der Waals surface area contributed by atoms with Crippen molar-refractivity contribution in [1.82, 2.24) is 15.5 Å². The van der Waals surface area contributed by atoms with Crippen LogP contribution in [0.5, 0.6) is 0 Å². The van der Waals surface area contributed by atoms with Gasteiger partial charge in [-0.3, -0.25) is 0 Å². The van der Waals surface area contributed by atoms with E-state index < -0.39 is 0 Å². The third kappa shape index (κ3) is 3.61. The second-order valence-electron chi connectivity index (χ2n) is 4.49. The van der Waals surface area contributed by atoms with E-state index in [4.69, 9.17) is 0 Å². The van der Waals surface area contributed by atoms with Crippen molar-refractivity contribution in [1.29, 1.82) is 0 Å². The number of aryl methyl sites for hydroxylation is 2. The Morgan fingerprint density at radius 1 is 1.37 bits per heavy atom. The lowest BCUT2D eigenvalue weighted by Gasteiger charge is -2.18. The van der Waals surface area contributed by atoms with E-state index in [1.807, 2.05) is 14.0 Å². The summed E-state index contributed by atoms with van der Waals surface area (Å²) in [6.07, 6.45) is 1.89. The van der Waals surface area contributed by atoms with Gasteiger partial charge in [0.25, 0.3) is 0 Å². The van der Waals surface area contributed by atoms with Crippen LogP contribution in [0.15, 0.2) is 22.0 Å². The first kappa shape index (κ1) is 14.6. The summed E-state index contributed by atoms with van der Waals surface area (Å²) < 4.78 is 1.18. The van der Waals surface area contributed by atoms with Gasteiger partial charge in [0.2, 0.25) is 0 Å². The van der Waals surface area contributed by atoms with E-state index in [9.17, 15) is 0 Å². The smallest absolute Gasteiger partial charge is 0.0701 e. The molecule has 0 aliphatic carbocycles. The first-order valence-electron chi connectivity index (χ1n) is 6.38. The third-order valence-electron chi connectivity index (χ3n) is 3.12. The predicted octanol–water partition coefficient (Wildman–Crippen LogP) is 3.67. The molecule has 102 valence electrons. The fourth-order valence-corrected chi connectivity index (χ4v) is 3.67. The molecule has 5 heteroatoms. The molecule has 1 N–H and O–H groups in total. The van der Waals surface area contributed by atoms with Crippen LogP contribution < -0.4 is 5.32 Å². The predicted molar refractivity (Wildman–Crippen MR) is 83.7 cm³/mol. The van der Waals surface area contributed by atoms with Gasteiger partial charge in [-0.1, -0.05) is 6.92 Å². The second kappa shape index (κ2) is 6.59. The maximum atomic E-state index is 4.32. The van der Waals surface area contributed by atoms with Crippen LogP contribution in [-0.4, -0.2) is 17.2 Å². The number of nitrogens with one attached hydrogen (secondary N) is 1. The Morgan fingerprint density at radius 2 is 2.16 bits per heavy atom. The molecule has 2 aromatic heterocycles.